The van der Waals surface area contributed by atoms with E-state index in [0.29, 0.717) is 4.34 Å². The summed E-state index contributed by atoms with van der Waals surface area (Å²) in [5.41, 5.74) is 0. The molecule has 2 heterocycles. The molecule has 0 bridgehead atoms. The minimum atomic E-state index is -4.61. The quantitative estimate of drug-likeness (QED) is 0.791. The largest absolute Gasteiger partial charge is 0.451 e. The van der Waals surface area contributed by atoms with Crippen LogP contribution in [0.2, 0.25) is 5.15 Å². The van der Waals surface area contributed by atoms with Gasteiger partial charge in [0.1, 0.15) is 10.2 Å². The van der Waals surface area contributed by atoms with Gasteiger partial charge < -0.3 is 0 Å². The molecule has 90 valence electrons. The number of thiazole rings is 1. The summed E-state index contributed by atoms with van der Waals surface area (Å²) in [6, 6.07) is 1.27. The fraction of sp³-hybridized carbons (Fsp3) is 0.125. The maximum atomic E-state index is 12.4. The average molecular weight is 298 g/mol. The zero-order chi connectivity index (χ0) is 12.5. The van der Waals surface area contributed by atoms with Crippen molar-refractivity contribution >= 4 is 34.7 Å². The Labute approximate surface area is 107 Å². The van der Waals surface area contributed by atoms with Gasteiger partial charge in [0, 0.05) is 17.6 Å². The van der Waals surface area contributed by atoms with E-state index < -0.39 is 12.0 Å². The third-order valence-corrected chi connectivity index (χ3v) is 3.52. The van der Waals surface area contributed by atoms with E-state index in [-0.39, 0.29) is 10.2 Å². The van der Waals surface area contributed by atoms with Gasteiger partial charge >= 0.3 is 6.18 Å². The molecule has 2 rings (SSSR count). The summed E-state index contributed by atoms with van der Waals surface area (Å²) in [6.07, 6.45) is -3.05. The summed E-state index contributed by atoms with van der Waals surface area (Å²) in [6.45, 7) is 0. The van der Waals surface area contributed by atoms with Gasteiger partial charge in [-0.1, -0.05) is 11.6 Å². The lowest BCUT2D eigenvalue weighted by atomic mass is 10.5. The van der Waals surface area contributed by atoms with Crippen LogP contribution >= 0.6 is 34.7 Å². The zero-order valence-electron chi connectivity index (χ0n) is 7.90. The molecule has 0 radical (unpaired) electrons. The molecule has 0 spiro atoms. The maximum Gasteiger partial charge on any atom is 0.451 e. The Morgan fingerprint density at radius 2 is 2.06 bits per heavy atom. The topological polar surface area (TPSA) is 38.7 Å². The Kier molecular flexibility index (Phi) is 3.55. The summed E-state index contributed by atoms with van der Waals surface area (Å²) in [5, 5.41) is 1.59. The Morgan fingerprint density at radius 1 is 1.29 bits per heavy atom. The Hall–Kier alpha value is -0.860. The van der Waals surface area contributed by atoms with Gasteiger partial charge in [0.25, 0.3) is 0 Å². The Balaban J connectivity index is 2.32. The lowest BCUT2D eigenvalue weighted by molar-refractivity contribution is -0.145. The molecule has 17 heavy (non-hydrogen) atoms. The first-order chi connectivity index (χ1) is 7.95. The standard InChI is InChI=1S/C8H3ClF3N3S2/c9-4-3-5(17-7-13-1-2-16-7)15-6(14-4)8(10,11)12/h1-3H. The maximum absolute atomic E-state index is 12.4. The van der Waals surface area contributed by atoms with Gasteiger partial charge in [-0.25, -0.2) is 15.0 Å². The van der Waals surface area contributed by atoms with Gasteiger partial charge in [-0.2, -0.15) is 13.2 Å². The van der Waals surface area contributed by atoms with Crippen LogP contribution in [0.15, 0.2) is 27.0 Å². The minimum absolute atomic E-state index is 0.118. The first-order valence-electron chi connectivity index (χ1n) is 4.14. The van der Waals surface area contributed by atoms with E-state index in [1.807, 2.05) is 0 Å². The number of halogens is 4. The molecule has 0 amide bonds. The molecule has 0 saturated heterocycles. The van der Waals surface area contributed by atoms with Crippen LogP contribution in [0.25, 0.3) is 0 Å². The predicted octanol–water partition coefficient (Wildman–Crippen LogP) is 3.76. The van der Waals surface area contributed by atoms with Crippen molar-refractivity contribution in [1.29, 1.82) is 0 Å². The van der Waals surface area contributed by atoms with Gasteiger partial charge in [0.2, 0.25) is 5.82 Å². The summed E-state index contributed by atoms with van der Waals surface area (Å²) >= 11 is 7.83. The third-order valence-electron chi connectivity index (χ3n) is 1.53. The molecule has 0 fully saturated rings. The van der Waals surface area contributed by atoms with Crippen molar-refractivity contribution in [1.82, 2.24) is 15.0 Å². The fourth-order valence-corrected chi connectivity index (χ4v) is 2.74. The van der Waals surface area contributed by atoms with Crippen LogP contribution in [-0.4, -0.2) is 15.0 Å². The molecule has 0 atom stereocenters. The van der Waals surface area contributed by atoms with E-state index in [4.69, 9.17) is 11.6 Å². The molecule has 0 aliphatic heterocycles. The molecule has 2 aromatic rings. The molecule has 0 N–H and O–H groups in total. The van der Waals surface area contributed by atoms with Crippen molar-refractivity contribution in [2.45, 2.75) is 15.5 Å². The first kappa shape index (κ1) is 12.6. The molecule has 0 unspecified atom stereocenters. The van der Waals surface area contributed by atoms with Crippen LogP contribution in [0, 0.1) is 0 Å². The van der Waals surface area contributed by atoms with Crippen LogP contribution in [0.5, 0.6) is 0 Å². The lowest BCUT2D eigenvalue weighted by Gasteiger charge is -2.06. The molecule has 0 saturated carbocycles. The number of alkyl halides is 3. The highest BCUT2D eigenvalue weighted by molar-refractivity contribution is 8.01. The molecular weight excluding hydrogens is 295 g/mol. The van der Waals surface area contributed by atoms with Crippen LogP contribution in [0.3, 0.4) is 0 Å². The monoisotopic (exact) mass is 297 g/mol. The van der Waals surface area contributed by atoms with Gasteiger partial charge in [-0.15, -0.1) is 11.3 Å². The normalized spacial score (nSPS) is 11.8. The molecule has 0 aliphatic carbocycles. The lowest BCUT2D eigenvalue weighted by Crippen LogP contribution is -2.11. The second kappa shape index (κ2) is 4.79. The molecule has 2 aromatic heterocycles. The number of aromatic nitrogens is 3. The van der Waals surface area contributed by atoms with Crippen molar-refractivity contribution < 1.29 is 13.2 Å². The fourth-order valence-electron chi connectivity index (χ4n) is 0.926. The smallest absolute Gasteiger partial charge is 0.238 e. The Bertz CT molecular complexity index is 515. The molecule has 9 heteroatoms. The summed E-state index contributed by atoms with van der Waals surface area (Å²) < 4.78 is 37.9. The third kappa shape index (κ3) is 3.30. The number of rotatable bonds is 2. The first-order valence-corrected chi connectivity index (χ1v) is 6.22. The van der Waals surface area contributed by atoms with Crippen LogP contribution in [-0.2, 0) is 6.18 Å². The van der Waals surface area contributed by atoms with E-state index in [9.17, 15) is 13.2 Å². The second-order valence-corrected chi connectivity index (χ2v) is 5.30. The Morgan fingerprint density at radius 3 is 2.65 bits per heavy atom. The minimum Gasteiger partial charge on any atom is -0.238 e. The van der Waals surface area contributed by atoms with Crippen molar-refractivity contribution in [2.24, 2.45) is 0 Å². The highest BCUT2D eigenvalue weighted by Gasteiger charge is 2.35. The van der Waals surface area contributed by atoms with E-state index in [0.717, 1.165) is 11.8 Å². The summed E-state index contributed by atoms with van der Waals surface area (Å²) in [5.74, 6) is -1.25. The van der Waals surface area contributed by atoms with Crippen LogP contribution < -0.4 is 0 Å². The van der Waals surface area contributed by atoms with E-state index in [1.54, 1.807) is 11.6 Å². The van der Waals surface area contributed by atoms with E-state index in [2.05, 4.69) is 15.0 Å². The van der Waals surface area contributed by atoms with Crippen molar-refractivity contribution in [3.63, 3.8) is 0 Å². The van der Waals surface area contributed by atoms with Crippen molar-refractivity contribution in [3.8, 4) is 0 Å². The van der Waals surface area contributed by atoms with Crippen molar-refractivity contribution in [3.05, 3.63) is 28.6 Å². The highest BCUT2D eigenvalue weighted by Crippen LogP contribution is 2.32. The van der Waals surface area contributed by atoms with Gasteiger partial charge in [-0.3, -0.25) is 0 Å². The van der Waals surface area contributed by atoms with Gasteiger partial charge in [0.15, 0.2) is 4.34 Å². The van der Waals surface area contributed by atoms with Crippen LogP contribution in [0.4, 0.5) is 13.2 Å². The summed E-state index contributed by atoms with van der Waals surface area (Å²) in [7, 11) is 0. The molecular formula is C8H3ClF3N3S2. The van der Waals surface area contributed by atoms with E-state index in [1.165, 1.54) is 17.4 Å². The van der Waals surface area contributed by atoms with Crippen LogP contribution in [0.1, 0.15) is 5.82 Å². The number of hydrogen-bond acceptors (Lipinski definition) is 5. The van der Waals surface area contributed by atoms with E-state index >= 15 is 0 Å². The van der Waals surface area contributed by atoms with Gasteiger partial charge in [0.05, 0.1) is 0 Å². The van der Waals surface area contributed by atoms with Crippen molar-refractivity contribution in [2.75, 3.05) is 0 Å². The average Bonchev–Trinajstić information content (AvgIpc) is 2.68. The zero-order valence-corrected chi connectivity index (χ0v) is 10.3. The SMILES string of the molecule is FC(F)(F)c1nc(Cl)cc(Sc2nccs2)n1. The number of nitrogens with zero attached hydrogens (tertiary/aromatic N) is 3. The second-order valence-electron chi connectivity index (χ2n) is 2.75. The molecule has 3 nitrogen and oxygen atoms in total. The predicted molar refractivity (Wildman–Crippen MR) is 58.3 cm³/mol. The van der Waals surface area contributed by atoms with Gasteiger partial charge in [-0.05, 0) is 11.8 Å². The molecule has 0 aliphatic rings. The molecule has 0 aromatic carbocycles. The number of hydrogen-bond donors (Lipinski definition) is 0. The summed E-state index contributed by atoms with van der Waals surface area (Å²) in [4.78, 5) is 10.5. The highest BCUT2D eigenvalue weighted by atomic mass is 35.5.